The van der Waals surface area contributed by atoms with Gasteiger partial charge in [-0.3, -0.25) is 9.69 Å². The topological polar surface area (TPSA) is 38.8 Å². The highest BCUT2D eigenvalue weighted by atomic mass is 79.9. The van der Waals surface area contributed by atoms with E-state index < -0.39 is 0 Å². The maximum atomic E-state index is 13.1. The number of carbonyl (C=O) groups is 1. The third-order valence-electron chi connectivity index (χ3n) is 4.80. The highest BCUT2D eigenvalue weighted by Gasteiger charge is 2.33. The summed E-state index contributed by atoms with van der Waals surface area (Å²) < 4.78 is 12.6. The maximum absolute atomic E-state index is 13.1. The predicted octanol–water partition coefficient (Wildman–Crippen LogP) is 8.40. The van der Waals surface area contributed by atoms with Gasteiger partial charge in [-0.2, -0.15) is 0 Å². The third kappa shape index (κ3) is 5.56. The first-order chi connectivity index (χ1) is 16.3. The summed E-state index contributed by atoms with van der Waals surface area (Å²) in [6.07, 6.45) is 1.76. The van der Waals surface area contributed by atoms with Crippen LogP contribution in [0.1, 0.15) is 11.1 Å². The van der Waals surface area contributed by atoms with E-state index in [1.54, 1.807) is 61.7 Å². The minimum Gasteiger partial charge on any atom is -0.493 e. The van der Waals surface area contributed by atoms with Crippen LogP contribution in [0.25, 0.3) is 6.08 Å². The number of hydrogen-bond donors (Lipinski definition) is 0. The van der Waals surface area contributed by atoms with Crippen LogP contribution in [0.4, 0.5) is 5.69 Å². The van der Waals surface area contributed by atoms with Gasteiger partial charge in [0.2, 0.25) is 0 Å². The number of nitrogens with zero attached hydrogens (tertiary/aromatic N) is 1. The second kappa shape index (κ2) is 10.9. The number of hydrogen-bond acceptors (Lipinski definition) is 5. The van der Waals surface area contributed by atoms with Gasteiger partial charge in [-0.1, -0.05) is 70.9 Å². The summed E-state index contributed by atoms with van der Waals surface area (Å²) in [5.74, 6) is 0.790. The van der Waals surface area contributed by atoms with Crippen molar-refractivity contribution in [2.75, 3.05) is 12.0 Å². The number of amides is 1. The summed E-state index contributed by atoms with van der Waals surface area (Å²) >= 11 is 28.5. The fourth-order valence-corrected chi connectivity index (χ4v) is 5.73. The van der Waals surface area contributed by atoms with Crippen LogP contribution in [-0.2, 0) is 11.4 Å². The molecule has 174 valence electrons. The highest BCUT2D eigenvalue weighted by molar-refractivity contribution is 9.10. The molecule has 0 aliphatic carbocycles. The first-order valence-electron chi connectivity index (χ1n) is 9.74. The zero-order chi connectivity index (χ0) is 24.4. The van der Waals surface area contributed by atoms with Crippen molar-refractivity contribution < 1.29 is 14.3 Å². The number of ether oxygens (including phenoxy) is 2. The monoisotopic (exact) mass is 613 g/mol. The molecule has 4 nitrogen and oxygen atoms in total. The molecule has 3 aromatic rings. The Labute approximate surface area is 229 Å². The minimum absolute atomic E-state index is 0.218. The number of anilines is 1. The van der Waals surface area contributed by atoms with Gasteiger partial charge in [0.05, 0.1) is 22.2 Å². The average Bonchev–Trinajstić information content (AvgIpc) is 3.06. The van der Waals surface area contributed by atoms with Crippen molar-refractivity contribution in [1.82, 2.24) is 0 Å². The number of halogens is 4. The van der Waals surface area contributed by atoms with Gasteiger partial charge in [-0.15, -0.1) is 0 Å². The molecule has 0 aromatic heterocycles. The van der Waals surface area contributed by atoms with Crippen LogP contribution >= 0.6 is 74.7 Å². The molecule has 4 rings (SSSR count). The zero-order valence-corrected chi connectivity index (χ0v) is 23.0. The summed E-state index contributed by atoms with van der Waals surface area (Å²) in [4.78, 5) is 15.0. The number of thiocarbonyl (C=S) groups is 1. The lowest BCUT2D eigenvalue weighted by Gasteiger charge is -2.15. The van der Waals surface area contributed by atoms with Gasteiger partial charge in [0.1, 0.15) is 6.61 Å². The van der Waals surface area contributed by atoms with Crippen molar-refractivity contribution in [3.8, 4) is 11.5 Å². The Morgan fingerprint density at radius 2 is 1.85 bits per heavy atom. The van der Waals surface area contributed by atoms with E-state index in [-0.39, 0.29) is 12.5 Å². The molecule has 34 heavy (non-hydrogen) atoms. The van der Waals surface area contributed by atoms with Crippen molar-refractivity contribution in [1.29, 1.82) is 0 Å². The summed E-state index contributed by atoms with van der Waals surface area (Å²) in [6, 6.07) is 15.9. The normalized spacial score (nSPS) is 14.7. The molecule has 0 saturated carbocycles. The molecule has 0 atom stereocenters. The van der Waals surface area contributed by atoms with E-state index >= 15 is 0 Å². The van der Waals surface area contributed by atoms with E-state index in [2.05, 4.69) is 15.9 Å². The number of rotatable bonds is 6. The quantitative estimate of drug-likeness (QED) is 0.206. The molecule has 0 radical (unpaired) electrons. The fourth-order valence-electron chi connectivity index (χ4n) is 3.21. The van der Waals surface area contributed by atoms with Gasteiger partial charge in [0.15, 0.2) is 15.8 Å². The van der Waals surface area contributed by atoms with Gasteiger partial charge in [-0.25, -0.2) is 0 Å². The van der Waals surface area contributed by atoms with E-state index in [9.17, 15) is 4.79 Å². The molecule has 0 bridgehead atoms. The Morgan fingerprint density at radius 3 is 2.56 bits per heavy atom. The lowest BCUT2D eigenvalue weighted by atomic mass is 10.1. The zero-order valence-electron chi connectivity index (χ0n) is 17.5. The summed E-state index contributed by atoms with van der Waals surface area (Å²) in [5, 5.41) is 1.60. The Kier molecular flexibility index (Phi) is 8.12. The van der Waals surface area contributed by atoms with Crippen molar-refractivity contribution in [2.45, 2.75) is 6.61 Å². The van der Waals surface area contributed by atoms with Crippen molar-refractivity contribution in [3.63, 3.8) is 0 Å². The van der Waals surface area contributed by atoms with E-state index in [0.29, 0.717) is 46.0 Å². The molecule has 1 amide bonds. The maximum Gasteiger partial charge on any atom is 0.270 e. The molecule has 10 heteroatoms. The number of benzene rings is 3. The van der Waals surface area contributed by atoms with E-state index in [0.717, 1.165) is 11.1 Å². The van der Waals surface area contributed by atoms with Crippen LogP contribution in [0.15, 0.2) is 64.0 Å². The second-order valence-electron chi connectivity index (χ2n) is 7.06. The summed E-state index contributed by atoms with van der Waals surface area (Å²) in [6.45, 7) is 0.225. The number of methoxy groups -OCH3 is 1. The predicted molar refractivity (Wildman–Crippen MR) is 149 cm³/mol. The highest BCUT2D eigenvalue weighted by Crippen LogP contribution is 2.41. The van der Waals surface area contributed by atoms with Crippen LogP contribution in [0.2, 0.25) is 15.1 Å². The van der Waals surface area contributed by atoms with Crippen LogP contribution in [0.5, 0.6) is 11.5 Å². The van der Waals surface area contributed by atoms with Gasteiger partial charge in [0.25, 0.3) is 5.91 Å². The van der Waals surface area contributed by atoms with Crippen molar-refractivity contribution in [3.05, 3.63) is 90.2 Å². The Morgan fingerprint density at radius 1 is 1.09 bits per heavy atom. The Bertz CT molecular complexity index is 1330. The standard InChI is InChI=1S/C24H15BrCl3NO3S2/c1-31-20-8-13(7-18(25)22(20)32-12-14-5-6-16(27)11-19(14)28)9-21-23(30)29(24(33)34-21)17-4-2-3-15(26)10-17/h2-11H,12H2,1H3/b21-9-. The van der Waals surface area contributed by atoms with Crippen LogP contribution < -0.4 is 14.4 Å². The molecule has 0 N–H and O–H groups in total. The van der Waals surface area contributed by atoms with Gasteiger partial charge >= 0.3 is 0 Å². The van der Waals surface area contributed by atoms with E-state index in [4.69, 9.17) is 56.5 Å². The van der Waals surface area contributed by atoms with Gasteiger partial charge in [-0.05, 0) is 70.0 Å². The molecule has 1 aliphatic heterocycles. The molecule has 1 aliphatic rings. The minimum atomic E-state index is -0.218. The van der Waals surface area contributed by atoms with Gasteiger partial charge in [0, 0.05) is 20.6 Å². The first kappa shape index (κ1) is 25.4. The van der Waals surface area contributed by atoms with Gasteiger partial charge < -0.3 is 9.47 Å². The summed E-state index contributed by atoms with van der Waals surface area (Å²) in [7, 11) is 1.55. The lowest BCUT2D eigenvalue weighted by molar-refractivity contribution is -0.113. The number of carbonyl (C=O) groups excluding carboxylic acids is 1. The molecule has 0 unspecified atom stereocenters. The Hall–Kier alpha value is -1.74. The third-order valence-corrected chi connectivity index (χ3v) is 7.51. The SMILES string of the molecule is COc1cc(/C=C2\SC(=S)N(c3cccc(Cl)c3)C2=O)cc(Br)c1OCc1ccc(Cl)cc1Cl. The first-order valence-corrected chi connectivity index (χ1v) is 12.9. The molecule has 1 saturated heterocycles. The van der Waals surface area contributed by atoms with Crippen molar-refractivity contribution in [2.24, 2.45) is 0 Å². The largest absolute Gasteiger partial charge is 0.493 e. The Balaban J connectivity index is 1.59. The molecule has 3 aromatic carbocycles. The molecule has 0 spiro atoms. The molecular formula is C24H15BrCl3NO3S2. The van der Waals surface area contributed by atoms with E-state index in [1.807, 2.05) is 6.07 Å². The molecule has 1 fully saturated rings. The fraction of sp³-hybridized carbons (Fsp3) is 0.0833. The molecule has 1 heterocycles. The smallest absolute Gasteiger partial charge is 0.270 e. The lowest BCUT2D eigenvalue weighted by Crippen LogP contribution is -2.27. The average molecular weight is 616 g/mol. The second-order valence-corrected chi connectivity index (χ2v) is 10.9. The van der Waals surface area contributed by atoms with E-state index in [1.165, 1.54) is 16.7 Å². The number of thioether (sulfide) groups is 1. The van der Waals surface area contributed by atoms with Crippen molar-refractivity contribution >= 4 is 96.7 Å². The van der Waals surface area contributed by atoms with Crippen LogP contribution in [-0.4, -0.2) is 17.3 Å². The summed E-state index contributed by atoms with van der Waals surface area (Å²) in [5.41, 5.74) is 2.16. The van der Waals surface area contributed by atoms with Crippen LogP contribution in [0, 0.1) is 0 Å². The molecular weight excluding hydrogens is 601 g/mol. The van der Waals surface area contributed by atoms with Crippen LogP contribution in [0.3, 0.4) is 0 Å².